The molecule has 2 heterocycles. The molecule has 0 saturated carbocycles. The first-order chi connectivity index (χ1) is 16.2. The molecule has 0 bridgehead atoms. The Hall–Kier alpha value is -2.01. The molecule has 0 radical (unpaired) electrons. The number of thiazole rings is 1. The SMILES string of the molecule is C=CCn1c(=NC(=O)c2ccc(S(=O)(=O)N(C)CC3CCCO3)cc2)sc2ccc(Cl)c(Cl)c21. The molecule has 3 aromatic rings. The molecule has 11 heteroatoms. The first kappa shape index (κ1) is 25.1. The summed E-state index contributed by atoms with van der Waals surface area (Å²) in [6.07, 6.45) is 3.37. The van der Waals surface area contributed by atoms with Gasteiger partial charge in [0.05, 0.1) is 31.3 Å². The predicted octanol–water partition coefficient (Wildman–Crippen LogP) is 4.74. The van der Waals surface area contributed by atoms with Crippen molar-refractivity contribution in [3.63, 3.8) is 0 Å². The Morgan fingerprint density at radius 1 is 1.29 bits per heavy atom. The third-order valence-electron chi connectivity index (χ3n) is 5.54. The average Bonchev–Trinajstić information content (AvgIpc) is 3.45. The number of aromatic nitrogens is 1. The molecule has 1 atom stereocenters. The summed E-state index contributed by atoms with van der Waals surface area (Å²) >= 11 is 13.9. The van der Waals surface area contributed by atoms with E-state index in [0.717, 1.165) is 17.5 Å². The number of hydrogen-bond acceptors (Lipinski definition) is 5. The number of allylic oxidation sites excluding steroid dienone is 1. The summed E-state index contributed by atoms with van der Waals surface area (Å²) in [6, 6.07) is 9.29. The molecule has 1 unspecified atom stereocenters. The summed E-state index contributed by atoms with van der Waals surface area (Å²) in [5, 5.41) is 0.789. The van der Waals surface area contributed by atoms with Crippen molar-refractivity contribution in [1.29, 1.82) is 0 Å². The van der Waals surface area contributed by atoms with Crippen LogP contribution in [0.5, 0.6) is 0 Å². The molecule has 4 rings (SSSR count). The van der Waals surface area contributed by atoms with Gasteiger partial charge in [0.25, 0.3) is 5.91 Å². The number of halogens is 2. The van der Waals surface area contributed by atoms with E-state index in [-0.39, 0.29) is 16.6 Å². The van der Waals surface area contributed by atoms with E-state index in [9.17, 15) is 13.2 Å². The lowest BCUT2D eigenvalue weighted by Crippen LogP contribution is -2.34. The third kappa shape index (κ3) is 5.00. The van der Waals surface area contributed by atoms with Crippen molar-refractivity contribution < 1.29 is 17.9 Å². The minimum Gasteiger partial charge on any atom is -0.377 e. The summed E-state index contributed by atoms with van der Waals surface area (Å²) in [5.41, 5.74) is 0.953. The highest BCUT2D eigenvalue weighted by Gasteiger charge is 2.26. The Morgan fingerprint density at radius 2 is 2.03 bits per heavy atom. The molecular weight excluding hydrogens is 517 g/mol. The van der Waals surface area contributed by atoms with Gasteiger partial charge in [0.15, 0.2) is 4.80 Å². The zero-order valence-corrected chi connectivity index (χ0v) is 21.6. The summed E-state index contributed by atoms with van der Waals surface area (Å²) in [4.78, 5) is 17.7. The highest BCUT2D eigenvalue weighted by atomic mass is 35.5. The van der Waals surface area contributed by atoms with Gasteiger partial charge in [-0.2, -0.15) is 9.30 Å². The summed E-state index contributed by atoms with van der Waals surface area (Å²) in [6.45, 7) is 5.10. The molecule has 1 amide bonds. The summed E-state index contributed by atoms with van der Waals surface area (Å²) < 4.78 is 35.2. The number of carbonyl (C=O) groups excluding carboxylic acids is 1. The fraction of sp³-hybridized carbons (Fsp3) is 0.304. The van der Waals surface area contributed by atoms with Crippen molar-refractivity contribution in [2.45, 2.75) is 30.4 Å². The second-order valence-corrected chi connectivity index (χ2v) is 11.7. The van der Waals surface area contributed by atoms with Crippen molar-refractivity contribution >= 4 is 60.7 Å². The van der Waals surface area contributed by atoms with Crippen molar-refractivity contribution in [1.82, 2.24) is 8.87 Å². The fourth-order valence-electron chi connectivity index (χ4n) is 3.76. The van der Waals surface area contributed by atoms with Crippen LogP contribution in [0.15, 0.2) is 58.9 Å². The standard InChI is InChI=1S/C23H23Cl2N3O4S2/c1-3-12-28-21-19(11-10-18(24)20(21)25)33-23(28)26-22(29)15-6-8-17(9-7-15)34(30,31)27(2)14-16-5-4-13-32-16/h3,6-11,16H,1,4-5,12-14H2,2H3. The number of nitrogens with zero attached hydrogens (tertiary/aromatic N) is 3. The highest BCUT2D eigenvalue weighted by Crippen LogP contribution is 2.32. The van der Waals surface area contributed by atoms with E-state index in [4.69, 9.17) is 27.9 Å². The van der Waals surface area contributed by atoms with Gasteiger partial charge in [-0.15, -0.1) is 6.58 Å². The maximum absolute atomic E-state index is 12.9. The molecule has 1 fully saturated rings. The van der Waals surface area contributed by atoms with Crippen molar-refractivity contribution in [3.05, 3.63) is 69.5 Å². The maximum Gasteiger partial charge on any atom is 0.279 e. The van der Waals surface area contributed by atoms with E-state index in [1.165, 1.54) is 47.0 Å². The fourth-order valence-corrected chi connectivity index (χ4v) is 6.48. The average molecular weight is 540 g/mol. The Balaban J connectivity index is 1.62. The van der Waals surface area contributed by atoms with Crippen LogP contribution in [-0.4, -0.2) is 49.5 Å². The molecule has 1 saturated heterocycles. The van der Waals surface area contributed by atoms with E-state index < -0.39 is 15.9 Å². The van der Waals surface area contributed by atoms with Crippen LogP contribution < -0.4 is 4.80 Å². The number of ether oxygens (including phenoxy) is 1. The number of hydrogen-bond donors (Lipinski definition) is 0. The van der Waals surface area contributed by atoms with Crippen LogP contribution in [0.3, 0.4) is 0 Å². The maximum atomic E-state index is 12.9. The molecular formula is C23H23Cl2N3O4S2. The molecule has 180 valence electrons. The van der Waals surface area contributed by atoms with Crippen molar-refractivity contribution in [3.8, 4) is 0 Å². The van der Waals surface area contributed by atoms with E-state index in [1.54, 1.807) is 16.7 Å². The molecule has 1 aliphatic heterocycles. The largest absolute Gasteiger partial charge is 0.377 e. The third-order valence-corrected chi connectivity index (χ3v) is 9.21. The van der Waals surface area contributed by atoms with Gasteiger partial charge in [0, 0.05) is 32.3 Å². The van der Waals surface area contributed by atoms with E-state index >= 15 is 0 Å². The van der Waals surface area contributed by atoms with Gasteiger partial charge < -0.3 is 9.30 Å². The zero-order chi connectivity index (χ0) is 24.5. The van der Waals surface area contributed by atoms with Crippen LogP contribution in [0.1, 0.15) is 23.2 Å². The van der Waals surface area contributed by atoms with Crippen LogP contribution >= 0.6 is 34.5 Å². The van der Waals surface area contributed by atoms with Gasteiger partial charge in [-0.1, -0.05) is 40.6 Å². The number of rotatable bonds is 7. The lowest BCUT2D eigenvalue weighted by molar-refractivity contribution is 0.0979. The first-order valence-electron chi connectivity index (χ1n) is 10.6. The smallest absolute Gasteiger partial charge is 0.279 e. The number of likely N-dealkylation sites (N-methyl/N-ethyl adjacent to an activating group) is 1. The molecule has 34 heavy (non-hydrogen) atoms. The molecule has 0 N–H and O–H groups in total. The monoisotopic (exact) mass is 539 g/mol. The van der Waals surface area contributed by atoms with E-state index in [1.807, 2.05) is 6.07 Å². The van der Waals surface area contributed by atoms with Gasteiger partial charge in [0.1, 0.15) is 0 Å². The lowest BCUT2D eigenvalue weighted by atomic mass is 10.2. The van der Waals surface area contributed by atoms with Crippen molar-refractivity contribution in [2.75, 3.05) is 20.2 Å². The minimum absolute atomic E-state index is 0.0913. The number of amides is 1. The van der Waals surface area contributed by atoms with Gasteiger partial charge in [0.2, 0.25) is 10.0 Å². The van der Waals surface area contributed by atoms with Gasteiger partial charge in [-0.05, 0) is 49.2 Å². The quantitative estimate of drug-likeness (QED) is 0.406. The predicted molar refractivity (Wildman–Crippen MR) is 135 cm³/mol. The first-order valence-corrected chi connectivity index (χ1v) is 13.6. The molecule has 7 nitrogen and oxygen atoms in total. The van der Waals surface area contributed by atoms with Gasteiger partial charge in [-0.3, -0.25) is 4.79 Å². The lowest BCUT2D eigenvalue weighted by Gasteiger charge is -2.20. The number of fused-ring (bicyclic) bond motifs is 1. The Labute approximate surface area is 211 Å². The van der Waals surface area contributed by atoms with E-state index in [2.05, 4.69) is 11.6 Å². The number of benzene rings is 2. The molecule has 1 aromatic heterocycles. The van der Waals surface area contributed by atoms with E-state index in [0.29, 0.717) is 40.1 Å². The Morgan fingerprint density at radius 3 is 2.68 bits per heavy atom. The number of carbonyl (C=O) groups is 1. The van der Waals surface area contributed by atoms with Crippen LogP contribution in [0, 0.1) is 0 Å². The summed E-state index contributed by atoms with van der Waals surface area (Å²) in [5.74, 6) is -0.497. The zero-order valence-electron chi connectivity index (χ0n) is 18.4. The van der Waals surface area contributed by atoms with Crippen LogP contribution in [-0.2, 0) is 21.3 Å². The Bertz CT molecular complexity index is 1410. The molecule has 2 aromatic carbocycles. The molecule has 0 aliphatic carbocycles. The second kappa shape index (κ2) is 10.3. The molecule has 1 aliphatic rings. The highest BCUT2D eigenvalue weighted by molar-refractivity contribution is 7.89. The molecule has 0 spiro atoms. The minimum atomic E-state index is -3.70. The van der Waals surface area contributed by atoms with Crippen LogP contribution in [0.2, 0.25) is 10.0 Å². The van der Waals surface area contributed by atoms with Gasteiger partial charge in [-0.25, -0.2) is 8.42 Å². The number of sulfonamides is 1. The van der Waals surface area contributed by atoms with Gasteiger partial charge >= 0.3 is 0 Å². The topological polar surface area (TPSA) is 81.0 Å². The van der Waals surface area contributed by atoms with Crippen molar-refractivity contribution in [2.24, 2.45) is 4.99 Å². The second-order valence-electron chi connectivity index (χ2n) is 7.85. The van der Waals surface area contributed by atoms with Crippen LogP contribution in [0.25, 0.3) is 10.2 Å². The van der Waals surface area contributed by atoms with Crippen LogP contribution in [0.4, 0.5) is 0 Å². The summed E-state index contributed by atoms with van der Waals surface area (Å²) in [7, 11) is -2.17. The normalized spacial score (nSPS) is 17.1. The Kier molecular flexibility index (Phi) is 7.61.